The van der Waals surface area contributed by atoms with E-state index in [0.29, 0.717) is 5.56 Å². The summed E-state index contributed by atoms with van der Waals surface area (Å²) in [7, 11) is -4.01. The first kappa shape index (κ1) is 24.3. The van der Waals surface area contributed by atoms with Gasteiger partial charge in [-0.3, -0.25) is 14.8 Å². The molecule has 8 nitrogen and oxygen atoms in total. The minimum absolute atomic E-state index is 0.0416. The maximum Gasteiger partial charge on any atom is 0.263 e. The molecule has 1 atom stereocenters. The molecule has 34 heavy (non-hydrogen) atoms. The molecule has 0 saturated carbocycles. The number of nitrogens with one attached hydrogen (secondary N) is 1. The Morgan fingerprint density at radius 1 is 0.882 bits per heavy atom. The van der Waals surface area contributed by atoms with Crippen molar-refractivity contribution in [2.45, 2.75) is 10.9 Å². The van der Waals surface area contributed by atoms with Crippen molar-refractivity contribution in [2.75, 3.05) is 19.6 Å². The third-order valence-electron chi connectivity index (χ3n) is 5.69. The van der Waals surface area contributed by atoms with Crippen LogP contribution in [0.1, 0.15) is 10.4 Å². The highest BCUT2D eigenvalue weighted by molar-refractivity contribution is 14.1. The normalized spacial score (nSPS) is 16.8. The summed E-state index contributed by atoms with van der Waals surface area (Å²) in [6.45, 7) is -0.159. The summed E-state index contributed by atoms with van der Waals surface area (Å²) in [6.07, 6.45) is 0. The fourth-order valence-electron chi connectivity index (χ4n) is 3.89. The highest BCUT2D eigenvalue weighted by Crippen LogP contribution is 2.24. The van der Waals surface area contributed by atoms with Gasteiger partial charge in [0.15, 0.2) is 0 Å². The molecule has 0 bridgehead atoms. The summed E-state index contributed by atoms with van der Waals surface area (Å²) in [5.74, 6) is -1.22. The first-order chi connectivity index (χ1) is 16.3. The van der Waals surface area contributed by atoms with Crippen molar-refractivity contribution in [3.05, 3.63) is 88.0 Å². The van der Waals surface area contributed by atoms with E-state index in [4.69, 9.17) is 0 Å². The maximum absolute atomic E-state index is 13.2. The number of amides is 2. The molecule has 3 aromatic carbocycles. The lowest BCUT2D eigenvalue weighted by molar-refractivity contribution is -0.134. The zero-order chi connectivity index (χ0) is 24.3. The van der Waals surface area contributed by atoms with E-state index in [2.05, 4.69) is 22.6 Å². The Morgan fingerprint density at radius 2 is 1.50 bits per heavy atom. The number of halogens is 1. The topological polar surface area (TPSA) is 107 Å². The number of hydrogen-bond acceptors (Lipinski definition) is 5. The van der Waals surface area contributed by atoms with Gasteiger partial charge in [0.25, 0.3) is 11.8 Å². The van der Waals surface area contributed by atoms with Gasteiger partial charge in [-0.1, -0.05) is 42.5 Å². The fraction of sp³-hybridized carbons (Fsp3) is 0.167. The Kier molecular flexibility index (Phi) is 7.31. The molecule has 0 spiro atoms. The Morgan fingerprint density at radius 3 is 2.12 bits per heavy atom. The summed E-state index contributed by atoms with van der Waals surface area (Å²) in [5, 5.41) is 9.23. The van der Waals surface area contributed by atoms with Gasteiger partial charge in [0.1, 0.15) is 6.04 Å². The molecule has 1 heterocycles. The lowest BCUT2D eigenvalue weighted by atomic mass is 10.0. The van der Waals surface area contributed by atoms with Crippen molar-refractivity contribution in [3.63, 3.8) is 0 Å². The van der Waals surface area contributed by atoms with Crippen LogP contribution in [0.4, 0.5) is 0 Å². The average molecular weight is 591 g/mol. The minimum atomic E-state index is -4.01. The van der Waals surface area contributed by atoms with Crippen LogP contribution in [0.2, 0.25) is 0 Å². The molecule has 0 radical (unpaired) electrons. The second-order valence-corrected chi connectivity index (χ2v) is 10.9. The lowest BCUT2D eigenvalue weighted by Gasteiger charge is -2.39. The van der Waals surface area contributed by atoms with Crippen LogP contribution in [-0.2, 0) is 14.8 Å². The molecular formula is C24H22IN3O5S. The molecule has 3 aromatic rings. The second-order valence-electron chi connectivity index (χ2n) is 7.76. The largest absolute Gasteiger partial charge is 0.335 e. The Bertz CT molecular complexity index is 1280. The molecule has 1 aliphatic heterocycles. The first-order valence-corrected chi connectivity index (χ1v) is 13.0. The van der Waals surface area contributed by atoms with Crippen molar-refractivity contribution in [1.82, 2.24) is 14.7 Å². The van der Waals surface area contributed by atoms with Crippen LogP contribution in [0.3, 0.4) is 0 Å². The minimum Gasteiger partial charge on any atom is -0.335 e. The van der Waals surface area contributed by atoms with E-state index in [9.17, 15) is 23.2 Å². The molecule has 4 rings (SSSR count). The van der Waals surface area contributed by atoms with Gasteiger partial charge in [0, 0.05) is 28.8 Å². The van der Waals surface area contributed by atoms with E-state index in [-0.39, 0.29) is 30.4 Å². The van der Waals surface area contributed by atoms with Crippen LogP contribution in [0.5, 0.6) is 0 Å². The van der Waals surface area contributed by atoms with Gasteiger partial charge in [-0.2, -0.15) is 4.31 Å². The van der Waals surface area contributed by atoms with Gasteiger partial charge in [-0.25, -0.2) is 13.9 Å². The van der Waals surface area contributed by atoms with E-state index < -0.39 is 22.0 Å². The lowest BCUT2D eigenvalue weighted by Crippen LogP contribution is -2.61. The molecule has 0 aromatic heterocycles. The first-order valence-electron chi connectivity index (χ1n) is 10.5. The smallest absolute Gasteiger partial charge is 0.263 e. The van der Waals surface area contributed by atoms with E-state index in [1.807, 2.05) is 42.5 Å². The second kappa shape index (κ2) is 10.2. The molecule has 1 fully saturated rings. The highest BCUT2D eigenvalue weighted by atomic mass is 127. The van der Waals surface area contributed by atoms with Crippen molar-refractivity contribution in [3.8, 4) is 11.1 Å². The third kappa shape index (κ3) is 4.99. The summed E-state index contributed by atoms with van der Waals surface area (Å²) in [6, 6.07) is 21.8. The van der Waals surface area contributed by atoms with Gasteiger partial charge in [-0.05, 0) is 70.1 Å². The number of rotatable bonds is 5. The number of sulfonamides is 1. The summed E-state index contributed by atoms with van der Waals surface area (Å²) in [4.78, 5) is 27.0. The van der Waals surface area contributed by atoms with Gasteiger partial charge < -0.3 is 4.90 Å². The van der Waals surface area contributed by atoms with Gasteiger partial charge in [0.2, 0.25) is 10.0 Å². The predicted octanol–water partition coefficient (Wildman–Crippen LogP) is 2.98. The van der Waals surface area contributed by atoms with Crippen molar-refractivity contribution < 1.29 is 23.2 Å². The van der Waals surface area contributed by atoms with Gasteiger partial charge in [0.05, 0.1) is 4.90 Å². The Labute approximate surface area is 211 Å². The maximum atomic E-state index is 13.2. The number of piperazine rings is 1. The SMILES string of the molecule is O=C(NO)C1CN(C(=O)c2ccc(-c3ccccc3)cc2)CCN1S(=O)(=O)c1ccc(I)cc1. The van der Waals surface area contributed by atoms with Gasteiger partial charge in [-0.15, -0.1) is 0 Å². The van der Waals surface area contributed by atoms with E-state index in [1.165, 1.54) is 22.5 Å². The molecule has 10 heteroatoms. The van der Waals surface area contributed by atoms with Gasteiger partial charge >= 0.3 is 0 Å². The highest BCUT2D eigenvalue weighted by Gasteiger charge is 2.41. The molecule has 2 amide bonds. The quantitative estimate of drug-likeness (QED) is 0.270. The summed E-state index contributed by atoms with van der Waals surface area (Å²) in [5.41, 5.74) is 3.95. The van der Waals surface area contributed by atoms with Crippen LogP contribution in [-0.4, -0.2) is 60.3 Å². The Balaban J connectivity index is 1.55. The van der Waals surface area contributed by atoms with Crippen LogP contribution in [0.15, 0.2) is 83.8 Å². The zero-order valence-electron chi connectivity index (χ0n) is 18.0. The monoisotopic (exact) mass is 591 g/mol. The van der Waals surface area contributed by atoms with Crippen LogP contribution < -0.4 is 5.48 Å². The zero-order valence-corrected chi connectivity index (χ0v) is 20.9. The number of hydrogen-bond donors (Lipinski definition) is 2. The summed E-state index contributed by atoms with van der Waals surface area (Å²) < 4.78 is 28.3. The molecular weight excluding hydrogens is 569 g/mol. The molecule has 1 saturated heterocycles. The number of carbonyl (C=O) groups excluding carboxylic acids is 2. The van der Waals surface area contributed by atoms with E-state index >= 15 is 0 Å². The number of benzene rings is 3. The third-order valence-corrected chi connectivity index (χ3v) is 8.33. The fourth-order valence-corrected chi connectivity index (χ4v) is 5.82. The molecule has 1 aliphatic rings. The number of hydroxylamine groups is 1. The molecule has 1 unspecified atom stereocenters. The standard InChI is InChI=1S/C24H22IN3O5S/c25-20-10-12-21(13-11-20)34(32,33)28-15-14-27(16-22(28)23(29)26-31)24(30)19-8-6-18(7-9-19)17-4-2-1-3-5-17/h1-13,22,31H,14-16H2,(H,26,29). The number of carbonyl (C=O) groups is 2. The Hall–Kier alpha value is -2.80. The van der Waals surface area contributed by atoms with Crippen molar-refractivity contribution >= 4 is 44.4 Å². The molecule has 2 N–H and O–H groups in total. The summed E-state index contributed by atoms with van der Waals surface area (Å²) >= 11 is 2.07. The molecule has 176 valence electrons. The average Bonchev–Trinajstić information content (AvgIpc) is 2.88. The van der Waals surface area contributed by atoms with Crippen molar-refractivity contribution in [2.24, 2.45) is 0 Å². The van der Waals surface area contributed by atoms with Crippen LogP contribution in [0.25, 0.3) is 11.1 Å². The van der Waals surface area contributed by atoms with Crippen LogP contribution in [0, 0.1) is 3.57 Å². The van der Waals surface area contributed by atoms with Crippen LogP contribution >= 0.6 is 22.6 Å². The van der Waals surface area contributed by atoms with Crippen molar-refractivity contribution in [1.29, 1.82) is 0 Å². The molecule has 0 aliphatic carbocycles. The van der Waals surface area contributed by atoms with E-state index in [0.717, 1.165) is 19.0 Å². The predicted molar refractivity (Wildman–Crippen MR) is 135 cm³/mol. The number of nitrogens with zero attached hydrogens (tertiary/aromatic N) is 2. The van der Waals surface area contributed by atoms with E-state index in [1.54, 1.807) is 24.3 Å².